The number of ether oxygens (including phenoxy) is 1. The number of benzene rings is 3. The zero-order valence-corrected chi connectivity index (χ0v) is 20.5. The van der Waals surface area contributed by atoms with Gasteiger partial charge < -0.3 is 10.1 Å². The van der Waals surface area contributed by atoms with E-state index in [0.717, 1.165) is 33.2 Å². The average Bonchev–Trinajstić information content (AvgIpc) is 2.86. The molecule has 7 nitrogen and oxygen atoms in total. The monoisotopic (exact) mass is 470 g/mol. The lowest BCUT2D eigenvalue weighted by molar-refractivity contribution is 0.0364. The van der Waals surface area contributed by atoms with Crippen LogP contribution in [0.4, 0.5) is 5.95 Å². The fraction of sp³-hybridized carbons (Fsp3) is 0.250. The Labute approximate surface area is 205 Å². The van der Waals surface area contributed by atoms with Crippen LogP contribution in [0.2, 0.25) is 0 Å². The molecule has 0 saturated carbocycles. The second-order valence-electron chi connectivity index (χ2n) is 8.57. The topological polar surface area (TPSA) is 85.4 Å². The fourth-order valence-electron chi connectivity index (χ4n) is 3.70. The molecular formula is C28H30N4O3. The van der Waals surface area contributed by atoms with E-state index in [1.807, 2.05) is 82.3 Å². The molecule has 3 aromatic carbocycles. The third-order valence-corrected chi connectivity index (χ3v) is 5.44. The smallest absolute Gasteiger partial charge is 0.274 e. The third kappa shape index (κ3) is 5.94. The van der Waals surface area contributed by atoms with Gasteiger partial charge in [0.05, 0.1) is 12.1 Å². The van der Waals surface area contributed by atoms with Crippen LogP contribution in [-0.4, -0.2) is 28.5 Å². The number of aromatic nitrogens is 2. The normalized spacial score (nSPS) is 11.0. The van der Waals surface area contributed by atoms with E-state index in [9.17, 15) is 4.79 Å². The van der Waals surface area contributed by atoms with Crippen molar-refractivity contribution in [2.75, 3.05) is 11.9 Å². The molecule has 1 aromatic heterocycles. The van der Waals surface area contributed by atoms with Gasteiger partial charge in [-0.2, -0.15) is 0 Å². The zero-order valence-electron chi connectivity index (χ0n) is 20.5. The minimum Gasteiger partial charge on any atom is -0.488 e. The lowest BCUT2D eigenvalue weighted by Gasteiger charge is -2.16. The average molecular weight is 471 g/mol. The number of carbonyl (C=O) groups is 1. The van der Waals surface area contributed by atoms with Crippen molar-refractivity contribution in [3.8, 4) is 16.9 Å². The minimum absolute atomic E-state index is 0.216. The van der Waals surface area contributed by atoms with E-state index in [-0.39, 0.29) is 11.9 Å². The maximum Gasteiger partial charge on any atom is 0.274 e. The van der Waals surface area contributed by atoms with Gasteiger partial charge in [-0.15, -0.1) is 0 Å². The van der Waals surface area contributed by atoms with Gasteiger partial charge in [0.25, 0.3) is 5.91 Å². The summed E-state index contributed by atoms with van der Waals surface area (Å²) < 4.78 is 6.32. The van der Waals surface area contributed by atoms with Crippen LogP contribution in [0.15, 0.2) is 66.9 Å². The molecule has 1 amide bonds. The summed E-state index contributed by atoms with van der Waals surface area (Å²) in [7, 11) is 0. The number of fused-ring (bicyclic) bond motifs is 1. The molecule has 180 valence electrons. The van der Waals surface area contributed by atoms with Gasteiger partial charge in [-0.3, -0.25) is 9.63 Å². The number of hydroxylamine groups is 1. The summed E-state index contributed by atoms with van der Waals surface area (Å²) in [5.41, 5.74) is 7.57. The number of rotatable bonds is 9. The van der Waals surface area contributed by atoms with Crippen LogP contribution < -0.4 is 15.5 Å². The molecule has 2 N–H and O–H groups in total. The van der Waals surface area contributed by atoms with Crippen LogP contribution >= 0.6 is 0 Å². The van der Waals surface area contributed by atoms with Crippen molar-refractivity contribution in [3.05, 3.63) is 83.6 Å². The Hall–Kier alpha value is -3.97. The third-order valence-electron chi connectivity index (χ3n) is 5.44. The van der Waals surface area contributed by atoms with Gasteiger partial charge in [-0.05, 0) is 62.6 Å². The fourth-order valence-corrected chi connectivity index (χ4v) is 3.70. The number of hydrogen-bond donors (Lipinski definition) is 2. The summed E-state index contributed by atoms with van der Waals surface area (Å²) in [5, 5.41) is 4.13. The molecule has 1 heterocycles. The standard InChI is InChI=1S/C28H30N4O3/c1-5-35-32-27(33)21-12-11-19(4)23(13-21)24-14-22-16-29-28(30-18(2)3)31-25(22)15-26(24)34-17-20-9-7-6-8-10-20/h6-16,18H,5,17H2,1-4H3,(H,32,33)(H,29,30,31). The van der Waals surface area contributed by atoms with Gasteiger partial charge in [0.2, 0.25) is 5.95 Å². The highest BCUT2D eigenvalue weighted by Crippen LogP contribution is 2.36. The molecule has 0 radical (unpaired) electrons. The van der Waals surface area contributed by atoms with Crippen molar-refractivity contribution in [2.45, 2.75) is 40.3 Å². The molecule has 0 aliphatic rings. The van der Waals surface area contributed by atoms with Crippen molar-refractivity contribution in [2.24, 2.45) is 0 Å². The highest BCUT2D eigenvalue weighted by Gasteiger charge is 2.16. The number of carbonyl (C=O) groups excluding carboxylic acids is 1. The van der Waals surface area contributed by atoms with E-state index in [4.69, 9.17) is 9.57 Å². The second kappa shape index (κ2) is 11.0. The Morgan fingerprint density at radius 1 is 1.03 bits per heavy atom. The van der Waals surface area contributed by atoms with Crippen molar-refractivity contribution < 1.29 is 14.4 Å². The Morgan fingerprint density at radius 2 is 1.83 bits per heavy atom. The highest BCUT2D eigenvalue weighted by molar-refractivity contribution is 5.96. The van der Waals surface area contributed by atoms with Crippen molar-refractivity contribution in [3.63, 3.8) is 0 Å². The van der Waals surface area contributed by atoms with Gasteiger partial charge in [0.1, 0.15) is 12.4 Å². The summed E-state index contributed by atoms with van der Waals surface area (Å²) in [6.45, 7) is 8.71. The number of nitrogens with zero attached hydrogens (tertiary/aromatic N) is 2. The lowest BCUT2D eigenvalue weighted by atomic mass is 9.96. The van der Waals surface area contributed by atoms with E-state index in [2.05, 4.69) is 20.8 Å². The summed E-state index contributed by atoms with van der Waals surface area (Å²) in [6.07, 6.45) is 1.80. The van der Waals surface area contributed by atoms with Gasteiger partial charge in [-0.25, -0.2) is 15.4 Å². The molecule has 0 aliphatic carbocycles. The van der Waals surface area contributed by atoms with E-state index in [0.29, 0.717) is 30.5 Å². The second-order valence-corrected chi connectivity index (χ2v) is 8.57. The Kier molecular flexibility index (Phi) is 7.57. The van der Waals surface area contributed by atoms with Crippen LogP contribution in [0.3, 0.4) is 0 Å². The van der Waals surface area contributed by atoms with Crippen LogP contribution in [0.25, 0.3) is 22.0 Å². The Bertz CT molecular complexity index is 1320. The predicted octanol–water partition coefficient (Wildman–Crippen LogP) is 5.69. The van der Waals surface area contributed by atoms with E-state index in [1.54, 1.807) is 12.3 Å². The number of anilines is 1. The molecule has 0 bridgehead atoms. The van der Waals surface area contributed by atoms with Gasteiger partial charge in [0, 0.05) is 34.8 Å². The highest BCUT2D eigenvalue weighted by atomic mass is 16.6. The molecule has 0 spiro atoms. The maximum absolute atomic E-state index is 12.5. The summed E-state index contributed by atoms with van der Waals surface area (Å²) in [4.78, 5) is 26.8. The first-order chi connectivity index (χ1) is 16.9. The van der Waals surface area contributed by atoms with E-state index < -0.39 is 0 Å². The molecule has 4 rings (SSSR count). The zero-order chi connectivity index (χ0) is 24.8. The molecule has 0 atom stereocenters. The van der Waals surface area contributed by atoms with Gasteiger partial charge >= 0.3 is 0 Å². The number of nitrogens with one attached hydrogen (secondary N) is 2. The van der Waals surface area contributed by atoms with Crippen LogP contribution in [0.5, 0.6) is 5.75 Å². The lowest BCUT2D eigenvalue weighted by Crippen LogP contribution is -2.23. The van der Waals surface area contributed by atoms with Gasteiger partial charge in [-0.1, -0.05) is 36.4 Å². The van der Waals surface area contributed by atoms with Crippen LogP contribution in [0.1, 0.15) is 42.3 Å². The first kappa shape index (κ1) is 24.2. The molecule has 0 saturated heterocycles. The van der Waals surface area contributed by atoms with E-state index in [1.165, 1.54) is 0 Å². The first-order valence-corrected chi connectivity index (χ1v) is 11.7. The van der Waals surface area contributed by atoms with E-state index >= 15 is 0 Å². The minimum atomic E-state index is -0.298. The molecule has 7 heteroatoms. The largest absolute Gasteiger partial charge is 0.488 e. The van der Waals surface area contributed by atoms with Crippen molar-refractivity contribution >= 4 is 22.8 Å². The number of amides is 1. The number of aryl methyl sites for hydroxylation is 1. The molecule has 0 fully saturated rings. The van der Waals surface area contributed by atoms with Crippen molar-refractivity contribution in [1.29, 1.82) is 0 Å². The number of hydrogen-bond acceptors (Lipinski definition) is 6. The Balaban J connectivity index is 1.79. The molecule has 35 heavy (non-hydrogen) atoms. The maximum atomic E-state index is 12.5. The van der Waals surface area contributed by atoms with Crippen LogP contribution in [0, 0.1) is 6.92 Å². The molecular weight excluding hydrogens is 440 g/mol. The van der Waals surface area contributed by atoms with Gasteiger partial charge in [0.15, 0.2) is 0 Å². The molecule has 0 unspecified atom stereocenters. The first-order valence-electron chi connectivity index (χ1n) is 11.7. The summed E-state index contributed by atoms with van der Waals surface area (Å²) in [6, 6.07) is 19.7. The van der Waals surface area contributed by atoms with Crippen LogP contribution in [-0.2, 0) is 11.4 Å². The van der Waals surface area contributed by atoms with Crippen molar-refractivity contribution in [1.82, 2.24) is 15.4 Å². The quantitative estimate of drug-likeness (QED) is 0.306. The SMILES string of the molecule is CCONC(=O)c1ccc(C)c(-c2cc3cnc(NC(C)C)nc3cc2OCc2ccccc2)c1. The molecule has 0 aliphatic heterocycles. The summed E-state index contributed by atoms with van der Waals surface area (Å²) >= 11 is 0. The summed E-state index contributed by atoms with van der Waals surface area (Å²) in [5.74, 6) is 0.953. The predicted molar refractivity (Wildman–Crippen MR) is 138 cm³/mol. The Morgan fingerprint density at radius 3 is 2.57 bits per heavy atom. The molecule has 4 aromatic rings.